The highest BCUT2D eigenvalue weighted by molar-refractivity contribution is 6.07. The molecule has 0 radical (unpaired) electrons. The normalized spacial score (nSPS) is 14.5. The Labute approximate surface area is 410 Å². The molecule has 0 unspecified atom stereocenters. The van der Waals surface area contributed by atoms with Crippen LogP contribution < -0.4 is 0 Å². The molecule has 340 valence electrons. The second-order valence-corrected chi connectivity index (χ2v) is 19.1. The maximum absolute atomic E-state index is 5.25. The van der Waals surface area contributed by atoms with Gasteiger partial charge in [0.1, 0.15) is 0 Å². The van der Waals surface area contributed by atoms with E-state index in [9.17, 15) is 0 Å². The molecule has 8 aromatic carbocycles. The van der Waals surface area contributed by atoms with Crippen molar-refractivity contribution >= 4 is 10.8 Å². The average molecular weight is 907 g/mol. The van der Waals surface area contributed by atoms with Crippen molar-refractivity contribution in [3.63, 3.8) is 0 Å². The van der Waals surface area contributed by atoms with Gasteiger partial charge in [-0.1, -0.05) is 208 Å². The second kappa shape index (κ2) is 19.6. The van der Waals surface area contributed by atoms with Crippen LogP contribution in [0, 0.1) is 0 Å². The highest BCUT2D eigenvalue weighted by atomic mass is 15.0. The summed E-state index contributed by atoms with van der Waals surface area (Å²) in [6, 6.07) is 69.0. The molecule has 2 aromatic heterocycles. The van der Waals surface area contributed by atoms with E-state index in [1.54, 1.807) is 0 Å². The predicted octanol–water partition coefficient (Wildman–Crippen LogP) is 16.6. The molecule has 0 aliphatic heterocycles. The van der Waals surface area contributed by atoms with E-state index in [1.807, 2.05) is 72.8 Å². The summed E-state index contributed by atoms with van der Waals surface area (Å²) in [6.07, 6.45) is 12.3. The summed E-state index contributed by atoms with van der Waals surface area (Å²) in [4.78, 5) is 31.1. The maximum Gasteiger partial charge on any atom is 0.164 e. The zero-order valence-corrected chi connectivity index (χ0v) is 39.4. The SMILES string of the molecule is c1ccc(-c2nc(-c3ccccc3)nc(-c3cc(-c4cccc5cccc(-c6cc(-c7nc(-c8ccccc8)nc(-c8ccccc8)n7)cc(C7CCCCC7)c6)c45)cc(C4CCCCC4)c3)n2)cc1. The molecule has 2 aliphatic rings. The number of rotatable bonds is 10. The van der Waals surface area contributed by atoms with Gasteiger partial charge in [-0.3, -0.25) is 0 Å². The van der Waals surface area contributed by atoms with E-state index in [2.05, 4.69) is 121 Å². The molecule has 12 rings (SSSR count). The van der Waals surface area contributed by atoms with Gasteiger partial charge in [-0.05, 0) is 106 Å². The van der Waals surface area contributed by atoms with Crippen molar-refractivity contribution in [2.24, 2.45) is 0 Å². The van der Waals surface area contributed by atoms with Gasteiger partial charge >= 0.3 is 0 Å². The topological polar surface area (TPSA) is 77.3 Å². The lowest BCUT2D eigenvalue weighted by molar-refractivity contribution is 0.444. The highest BCUT2D eigenvalue weighted by Crippen LogP contribution is 2.44. The number of hydrogen-bond acceptors (Lipinski definition) is 6. The lowest BCUT2D eigenvalue weighted by atomic mass is 9.81. The summed E-state index contributed by atoms with van der Waals surface area (Å²) in [5.41, 5.74) is 13.3. The number of nitrogens with zero attached hydrogens (tertiary/aromatic N) is 6. The van der Waals surface area contributed by atoms with Crippen LogP contribution >= 0.6 is 0 Å². The highest BCUT2D eigenvalue weighted by Gasteiger charge is 2.23. The van der Waals surface area contributed by atoms with Gasteiger partial charge < -0.3 is 0 Å². The molecule has 0 amide bonds. The first kappa shape index (κ1) is 43.3. The summed E-state index contributed by atoms with van der Waals surface area (Å²) < 4.78 is 0. The lowest BCUT2D eigenvalue weighted by Gasteiger charge is -2.24. The fraction of sp³-hybridized carbons (Fsp3) is 0.188. The molecular weight excluding hydrogens is 853 g/mol. The number of fused-ring (bicyclic) bond motifs is 1. The van der Waals surface area contributed by atoms with Crippen molar-refractivity contribution in [1.82, 2.24) is 29.9 Å². The zero-order valence-electron chi connectivity index (χ0n) is 39.4. The van der Waals surface area contributed by atoms with Gasteiger partial charge in [0.15, 0.2) is 34.9 Å². The maximum atomic E-state index is 5.25. The molecule has 6 nitrogen and oxygen atoms in total. The van der Waals surface area contributed by atoms with Gasteiger partial charge in [0.05, 0.1) is 0 Å². The molecule has 0 spiro atoms. The van der Waals surface area contributed by atoms with E-state index in [1.165, 1.54) is 108 Å². The minimum absolute atomic E-state index is 0.461. The standard InChI is InChI=1S/C64H54N6/c1-7-21-43(22-8-1)50-37-52(41-54(39-50)63-67-59(46-25-11-3-12-26-46)65-60(68-63)47-27-13-4-14-28-47)56-35-19-33-45-34-20-36-57(58(45)56)53-38-51(44-23-9-2-10-24-44)40-55(42-53)64-69-61(48-29-15-5-16-30-48)66-62(70-64)49-31-17-6-18-32-49/h3-6,11-20,25-44H,1-2,7-10,21-24H2. The third-order valence-electron chi connectivity index (χ3n) is 14.5. The van der Waals surface area contributed by atoms with Gasteiger partial charge in [-0.2, -0.15) is 0 Å². The van der Waals surface area contributed by atoms with Crippen LogP contribution in [0.5, 0.6) is 0 Å². The largest absolute Gasteiger partial charge is 0.208 e. The van der Waals surface area contributed by atoms with Gasteiger partial charge in [0, 0.05) is 33.4 Å². The van der Waals surface area contributed by atoms with Crippen molar-refractivity contribution in [1.29, 1.82) is 0 Å². The lowest BCUT2D eigenvalue weighted by Crippen LogP contribution is -2.06. The van der Waals surface area contributed by atoms with Gasteiger partial charge in [0.2, 0.25) is 0 Å². The van der Waals surface area contributed by atoms with Crippen LogP contribution in [0.15, 0.2) is 194 Å². The van der Waals surface area contributed by atoms with Crippen molar-refractivity contribution in [3.8, 4) is 90.6 Å². The summed E-state index contributed by atoms with van der Waals surface area (Å²) in [7, 11) is 0. The number of benzene rings is 8. The molecule has 0 atom stereocenters. The van der Waals surface area contributed by atoms with Crippen LogP contribution in [-0.2, 0) is 0 Å². The minimum atomic E-state index is 0.461. The molecule has 0 N–H and O–H groups in total. The molecule has 0 saturated heterocycles. The monoisotopic (exact) mass is 906 g/mol. The molecule has 2 aliphatic carbocycles. The van der Waals surface area contributed by atoms with Crippen LogP contribution in [0.3, 0.4) is 0 Å². The fourth-order valence-corrected chi connectivity index (χ4v) is 10.9. The van der Waals surface area contributed by atoms with E-state index in [0.717, 1.165) is 33.4 Å². The molecular formula is C64H54N6. The Morgan fingerprint density at radius 1 is 0.257 bits per heavy atom. The van der Waals surface area contributed by atoms with E-state index in [-0.39, 0.29) is 0 Å². The first-order valence-corrected chi connectivity index (χ1v) is 25.2. The van der Waals surface area contributed by atoms with Gasteiger partial charge in [0.25, 0.3) is 0 Å². The Bertz CT molecular complexity index is 3090. The van der Waals surface area contributed by atoms with E-state index in [0.29, 0.717) is 46.8 Å². The molecule has 2 saturated carbocycles. The van der Waals surface area contributed by atoms with Gasteiger partial charge in [-0.25, -0.2) is 29.9 Å². The van der Waals surface area contributed by atoms with Crippen molar-refractivity contribution in [2.45, 2.75) is 76.0 Å². The van der Waals surface area contributed by atoms with Crippen LogP contribution in [-0.4, -0.2) is 29.9 Å². The quantitative estimate of drug-likeness (QED) is 0.136. The van der Waals surface area contributed by atoms with E-state index in [4.69, 9.17) is 29.9 Å². The van der Waals surface area contributed by atoms with Gasteiger partial charge in [-0.15, -0.1) is 0 Å². The van der Waals surface area contributed by atoms with Crippen LogP contribution in [0.4, 0.5) is 0 Å². The average Bonchev–Trinajstić information content (AvgIpc) is 3.45. The smallest absolute Gasteiger partial charge is 0.164 e. The van der Waals surface area contributed by atoms with Crippen molar-refractivity contribution < 1.29 is 0 Å². The third kappa shape index (κ3) is 9.05. The Kier molecular flexibility index (Phi) is 12.1. The molecule has 70 heavy (non-hydrogen) atoms. The molecule has 10 aromatic rings. The fourth-order valence-electron chi connectivity index (χ4n) is 10.9. The molecule has 6 heteroatoms. The van der Waals surface area contributed by atoms with Crippen molar-refractivity contribution in [3.05, 3.63) is 205 Å². The number of hydrogen-bond donors (Lipinski definition) is 0. The van der Waals surface area contributed by atoms with Crippen molar-refractivity contribution in [2.75, 3.05) is 0 Å². The first-order valence-electron chi connectivity index (χ1n) is 25.2. The van der Waals surface area contributed by atoms with Crippen LogP contribution in [0.1, 0.15) is 87.2 Å². The van der Waals surface area contributed by atoms with E-state index < -0.39 is 0 Å². The Morgan fingerprint density at radius 3 is 0.886 bits per heavy atom. The van der Waals surface area contributed by atoms with E-state index >= 15 is 0 Å². The Morgan fingerprint density at radius 2 is 0.557 bits per heavy atom. The number of aromatic nitrogens is 6. The van der Waals surface area contributed by atoms with Crippen LogP contribution in [0.25, 0.3) is 101 Å². The summed E-state index contributed by atoms with van der Waals surface area (Å²) in [5, 5.41) is 2.42. The minimum Gasteiger partial charge on any atom is -0.208 e. The summed E-state index contributed by atoms with van der Waals surface area (Å²) in [6.45, 7) is 0. The Hall–Kier alpha value is -7.96. The predicted molar refractivity (Wildman–Crippen MR) is 286 cm³/mol. The first-order chi connectivity index (χ1) is 34.7. The molecule has 2 fully saturated rings. The van der Waals surface area contributed by atoms with Crippen LogP contribution in [0.2, 0.25) is 0 Å². The molecule has 2 heterocycles. The summed E-state index contributed by atoms with van der Waals surface area (Å²) >= 11 is 0. The Balaban J connectivity index is 1.06. The molecule has 0 bridgehead atoms. The second-order valence-electron chi connectivity index (χ2n) is 19.1. The summed E-state index contributed by atoms with van der Waals surface area (Å²) in [5.74, 6) is 4.95. The zero-order chi connectivity index (χ0) is 46.6. The third-order valence-corrected chi connectivity index (χ3v) is 14.5.